The van der Waals surface area contributed by atoms with Gasteiger partial charge in [0, 0.05) is 11.8 Å². The number of hydrogen-bond donors (Lipinski definition) is 0. The van der Waals surface area contributed by atoms with Gasteiger partial charge in [0.1, 0.15) is 11.7 Å². The summed E-state index contributed by atoms with van der Waals surface area (Å²) in [5.74, 6) is -2.53. The lowest BCUT2D eigenvalue weighted by molar-refractivity contribution is -0.135. The molecule has 0 aliphatic carbocycles. The first-order chi connectivity index (χ1) is 13.2. The van der Waals surface area contributed by atoms with Crippen LogP contribution in [0, 0.1) is 5.92 Å². The Kier molecular flexibility index (Phi) is 4.34. The fourth-order valence-corrected chi connectivity index (χ4v) is 3.45. The number of rotatable bonds is 4. The number of benzene rings is 2. The molecule has 2 atom stereocenters. The molecule has 0 spiro atoms. The van der Waals surface area contributed by atoms with E-state index in [1.54, 1.807) is 54.7 Å². The zero-order chi connectivity index (χ0) is 18.8. The summed E-state index contributed by atoms with van der Waals surface area (Å²) in [5.41, 5.74) is 1.13. The molecule has 1 saturated heterocycles. The minimum atomic E-state index is -1.11. The normalized spacial score (nSPS) is 19.3. The summed E-state index contributed by atoms with van der Waals surface area (Å²) in [5, 5.41) is 0. The van der Waals surface area contributed by atoms with Crippen molar-refractivity contribution in [3.8, 4) is 0 Å². The van der Waals surface area contributed by atoms with Crippen molar-refractivity contribution < 1.29 is 14.4 Å². The summed E-state index contributed by atoms with van der Waals surface area (Å²) in [6, 6.07) is 22.1. The van der Waals surface area contributed by atoms with E-state index in [1.807, 2.05) is 30.3 Å². The molecule has 4 rings (SSSR count). The predicted molar refractivity (Wildman–Crippen MR) is 100 cm³/mol. The zero-order valence-corrected chi connectivity index (χ0v) is 14.4. The summed E-state index contributed by atoms with van der Waals surface area (Å²) < 4.78 is 0. The van der Waals surface area contributed by atoms with Gasteiger partial charge in [-0.1, -0.05) is 66.7 Å². The van der Waals surface area contributed by atoms with Crippen LogP contribution in [0.4, 0.5) is 5.82 Å². The van der Waals surface area contributed by atoms with Crippen LogP contribution in [0.25, 0.3) is 0 Å². The molecule has 1 aliphatic rings. The topological polar surface area (TPSA) is 67.3 Å². The molecule has 1 fully saturated rings. The van der Waals surface area contributed by atoms with Crippen LogP contribution in [0.5, 0.6) is 0 Å². The number of nitrogens with zero attached hydrogens (tertiary/aromatic N) is 2. The third-order valence-corrected chi connectivity index (χ3v) is 4.68. The first kappa shape index (κ1) is 16.8. The zero-order valence-electron chi connectivity index (χ0n) is 14.4. The van der Waals surface area contributed by atoms with Crippen molar-refractivity contribution in [2.45, 2.75) is 6.04 Å². The molecule has 0 N–H and O–H groups in total. The Balaban J connectivity index is 1.85. The average Bonchev–Trinajstić information content (AvgIpc) is 3.00. The molecular formula is C22H16N2O3. The van der Waals surface area contributed by atoms with Gasteiger partial charge in [0.2, 0.25) is 5.78 Å². The summed E-state index contributed by atoms with van der Waals surface area (Å²) in [6.45, 7) is 0. The summed E-state index contributed by atoms with van der Waals surface area (Å²) >= 11 is 0. The fraction of sp³-hybridized carbons (Fsp3) is 0.0909. The van der Waals surface area contributed by atoms with Crippen LogP contribution < -0.4 is 4.90 Å². The maximum Gasteiger partial charge on any atom is 0.297 e. The number of hydrogen-bond acceptors (Lipinski definition) is 4. The maximum absolute atomic E-state index is 13.1. The minimum absolute atomic E-state index is 0.355. The van der Waals surface area contributed by atoms with Gasteiger partial charge in [0.15, 0.2) is 5.78 Å². The van der Waals surface area contributed by atoms with Crippen LogP contribution in [0.3, 0.4) is 0 Å². The van der Waals surface area contributed by atoms with Crippen LogP contribution in [-0.2, 0) is 9.59 Å². The van der Waals surface area contributed by atoms with E-state index in [2.05, 4.69) is 4.98 Å². The molecule has 2 heterocycles. The van der Waals surface area contributed by atoms with Crippen molar-refractivity contribution in [1.82, 2.24) is 4.98 Å². The number of anilines is 1. The Morgan fingerprint density at radius 3 is 2.07 bits per heavy atom. The van der Waals surface area contributed by atoms with Crippen molar-refractivity contribution >= 4 is 23.3 Å². The molecule has 27 heavy (non-hydrogen) atoms. The Morgan fingerprint density at radius 2 is 1.44 bits per heavy atom. The van der Waals surface area contributed by atoms with E-state index in [4.69, 9.17) is 0 Å². The molecule has 2 aromatic carbocycles. The standard InChI is InChI=1S/C22H16N2O3/c25-20(16-11-5-2-6-12-16)18-19(15-9-3-1-4-10-15)24(22(27)21(18)26)17-13-7-8-14-23-17/h1-14,18-19H. The molecule has 2 unspecified atom stereocenters. The van der Waals surface area contributed by atoms with Crippen LogP contribution in [0.1, 0.15) is 22.0 Å². The van der Waals surface area contributed by atoms with Gasteiger partial charge >= 0.3 is 0 Å². The highest BCUT2D eigenvalue weighted by Crippen LogP contribution is 2.40. The Labute approximate surface area is 156 Å². The molecule has 132 valence electrons. The van der Waals surface area contributed by atoms with Gasteiger partial charge < -0.3 is 0 Å². The summed E-state index contributed by atoms with van der Waals surface area (Å²) in [4.78, 5) is 44.4. The Bertz CT molecular complexity index is 988. The largest absolute Gasteiger partial charge is 0.297 e. The van der Waals surface area contributed by atoms with E-state index in [0.717, 1.165) is 5.56 Å². The van der Waals surface area contributed by atoms with Crippen molar-refractivity contribution in [2.24, 2.45) is 5.92 Å². The summed E-state index contributed by atoms with van der Waals surface area (Å²) in [6.07, 6.45) is 1.56. The second-order valence-electron chi connectivity index (χ2n) is 6.29. The van der Waals surface area contributed by atoms with E-state index >= 15 is 0 Å². The number of carbonyl (C=O) groups is 3. The maximum atomic E-state index is 13.1. The van der Waals surface area contributed by atoms with Gasteiger partial charge in [0.05, 0.1) is 6.04 Å². The third kappa shape index (κ3) is 2.93. The van der Waals surface area contributed by atoms with Crippen LogP contribution >= 0.6 is 0 Å². The second-order valence-corrected chi connectivity index (χ2v) is 6.29. The van der Waals surface area contributed by atoms with Gasteiger partial charge in [-0.25, -0.2) is 4.98 Å². The van der Waals surface area contributed by atoms with Crippen molar-refractivity contribution in [1.29, 1.82) is 0 Å². The van der Waals surface area contributed by atoms with Gasteiger partial charge in [-0.15, -0.1) is 0 Å². The molecule has 0 saturated carbocycles. The van der Waals surface area contributed by atoms with Crippen LogP contribution in [0.15, 0.2) is 85.1 Å². The Hall–Kier alpha value is -3.60. The van der Waals surface area contributed by atoms with Crippen molar-refractivity contribution in [3.63, 3.8) is 0 Å². The lowest BCUT2D eigenvalue weighted by atomic mass is 9.86. The first-order valence-corrected chi connectivity index (χ1v) is 8.61. The van der Waals surface area contributed by atoms with Gasteiger partial charge in [0.25, 0.3) is 5.91 Å². The highest BCUT2D eigenvalue weighted by molar-refractivity contribution is 6.48. The van der Waals surface area contributed by atoms with E-state index in [-0.39, 0.29) is 5.78 Å². The quantitative estimate of drug-likeness (QED) is 0.409. The molecule has 5 nitrogen and oxygen atoms in total. The van der Waals surface area contributed by atoms with Gasteiger partial charge in [-0.3, -0.25) is 19.3 Å². The molecule has 1 aliphatic heterocycles. The number of carbonyl (C=O) groups excluding carboxylic acids is 3. The minimum Gasteiger partial charge on any atom is -0.293 e. The van der Waals surface area contributed by atoms with E-state index in [1.165, 1.54) is 4.90 Å². The fourth-order valence-electron chi connectivity index (χ4n) is 3.45. The summed E-state index contributed by atoms with van der Waals surface area (Å²) in [7, 11) is 0. The number of aromatic nitrogens is 1. The van der Waals surface area contributed by atoms with E-state index in [9.17, 15) is 14.4 Å². The van der Waals surface area contributed by atoms with E-state index in [0.29, 0.717) is 11.4 Å². The van der Waals surface area contributed by atoms with Crippen molar-refractivity contribution in [2.75, 3.05) is 4.90 Å². The average molecular weight is 356 g/mol. The van der Waals surface area contributed by atoms with E-state index < -0.39 is 23.7 Å². The van der Waals surface area contributed by atoms with Crippen LogP contribution in [0.2, 0.25) is 0 Å². The molecule has 0 bridgehead atoms. The molecule has 3 aromatic rings. The van der Waals surface area contributed by atoms with Gasteiger partial charge in [-0.05, 0) is 17.7 Å². The molecule has 5 heteroatoms. The SMILES string of the molecule is O=C1C(=O)N(c2ccccn2)C(c2ccccc2)C1C(=O)c1ccccc1. The first-order valence-electron chi connectivity index (χ1n) is 8.61. The third-order valence-electron chi connectivity index (χ3n) is 4.68. The molecule has 0 radical (unpaired) electrons. The number of pyridine rings is 1. The number of amides is 1. The highest BCUT2D eigenvalue weighted by atomic mass is 16.2. The Morgan fingerprint density at radius 1 is 0.815 bits per heavy atom. The molecule has 1 aromatic heterocycles. The lowest BCUT2D eigenvalue weighted by Gasteiger charge is -2.26. The highest BCUT2D eigenvalue weighted by Gasteiger charge is 2.52. The second kappa shape index (κ2) is 6.96. The number of ketones is 2. The van der Waals surface area contributed by atoms with Crippen molar-refractivity contribution in [3.05, 3.63) is 96.2 Å². The van der Waals surface area contributed by atoms with Crippen LogP contribution in [-0.4, -0.2) is 22.5 Å². The molecule has 1 amide bonds. The predicted octanol–water partition coefficient (Wildman–Crippen LogP) is 3.24. The smallest absolute Gasteiger partial charge is 0.293 e. The lowest BCUT2D eigenvalue weighted by Crippen LogP contribution is -2.31. The molecular weight excluding hydrogens is 340 g/mol. The van der Waals surface area contributed by atoms with Gasteiger partial charge in [-0.2, -0.15) is 0 Å². The number of Topliss-reactive ketones (excluding diaryl/α,β-unsaturated/α-hetero) is 2. The monoisotopic (exact) mass is 356 g/mol.